The van der Waals surface area contributed by atoms with Crippen molar-refractivity contribution in [2.75, 3.05) is 0 Å². The lowest BCUT2D eigenvalue weighted by Gasteiger charge is -2.19. The third kappa shape index (κ3) is 6.73. The molecule has 0 fully saturated rings. The van der Waals surface area contributed by atoms with Crippen LogP contribution in [-0.4, -0.2) is 30.3 Å². The maximum absolute atomic E-state index is 9.91. The highest BCUT2D eigenvalue weighted by molar-refractivity contribution is 9.10. The second-order valence-electron chi connectivity index (χ2n) is 9.98. The summed E-state index contributed by atoms with van der Waals surface area (Å²) in [5, 5.41) is 16.6. The largest absolute Gasteiger partial charge is 0.507 e. The third-order valence-electron chi connectivity index (χ3n) is 5.03. The first kappa shape index (κ1) is 26.0. The molecule has 3 heterocycles. The van der Waals surface area contributed by atoms with E-state index in [1.54, 1.807) is 6.07 Å². The van der Waals surface area contributed by atoms with Crippen molar-refractivity contribution in [1.82, 2.24) is 25.1 Å². The highest BCUT2D eigenvalue weighted by Gasteiger charge is 2.19. The van der Waals surface area contributed by atoms with Gasteiger partial charge >= 0.3 is 0 Å². The maximum Gasteiger partial charge on any atom is 0.155 e. The first-order valence-electron chi connectivity index (χ1n) is 10.8. The predicted octanol–water partition coefficient (Wildman–Crippen LogP) is 7.44. The lowest BCUT2D eigenvalue weighted by molar-refractivity contribution is 0.477. The van der Waals surface area contributed by atoms with E-state index in [1.165, 1.54) is 6.33 Å². The predicted molar refractivity (Wildman–Crippen MR) is 144 cm³/mol. The van der Waals surface area contributed by atoms with E-state index < -0.39 is 0 Å². The third-order valence-corrected chi connectivity index (χ3v) is 5.84. The minimum Gasteiger partial charge on any atom is -0.507 e. The number of rotatable bonds is 2. The number of nitrogens with one attached hydrogen (secondary N) is 1. The van der Waals surface area contributed by atoms with Crippen LogP contribution in [-0.2, 0) is 10.8 Å². The van der Waals surface area contributed by atoms with Crippen molar-refractivity contribution < 1.29 is 5.11 Å². The molecule has 0 spiro atoms. The summed E-state index contributed by atoms with van der Waals surface area (Å²) in [6.07, 6.45) is 1.50. The molecule has 0 radical (unpaired) electrons. The molecule has 34 heavy (non-hydrogen) atoms. The Hall–Kier alpha value is -2.58. The van der Waals surface area contributed by atoms with Crippen LogP contribution in [0.4, 0.5) is 0 Å². The Morgan fingerprint density at radius 3 is 1.79 bits per heavy atom. The van der Waals surface area contributed by atoms with Crippen LogP contribution in [0.2, 0.25) is 0 Å². The number of para-hydroxylation sites is 1. The summed E-state index contributed by atoms with van der Waals surface area (Å²) >= 11 is 6.85. The van der Waals surface area contributed by atoms with Gasteiger partial charge in [-0.25, -0.2) is 15.0 Å². The van der Waals surface area contributed by atoms with Crippen LogP contribution in [0.1, 0.15) is 52.9 Å². The summed E-state index contributed by atoms with van der Waals surface area (Å²) in [5.74, 6) is 1.05. The van der Waals surface area contributed by atoms with Crippen molar-refractivity contribution in [3.63, 3.8) is 0 Å². The minimum atomic E-state index is -0.0249. The number of nitrogens with zero attached hydrogens (tertiary/aromatic N) is 4. The average Bonchev–Trinajstić information content (AvgIpc) is 3.27. The summed E-state index contributed by atoms with van der Waals surface area (Å²) < 4.78 is 1.60. The van der Waals surface area contributed by atoms with Crippen LogP contribution >= 0.6 is 31.9 Å². The molecular formula is C26H29Br2N5O. The van der Waals surface area contributed by atoms with Crippen molar-refractivity contribution in [2.24, 2.45) is 0 Å². The lowest BCUT2D eigenvalue weighted by Crippen LogP contribution is -2.13. The Labute approximate surface area is 217 Å². The van der Waals surface area contributed by atoms with Gasteiger partial charge in [0.25, 0.3) is 0 Å². The molecule has 0 unspecified atom stereocenters. The molecule has 2 N–H and O–H groups in total. The number of phenolic OH excluding ortho intramolecular Hbond substituents is 1. The fourth-order valence-electron chi connectivity index (χ4n) is 3.12. The molecule has 4 aromatic rings. The zero-order valence-electron chi connectivity index (χ0n) is 20.2. The molecule has 0 aliphatic rings. The van der Waals surface area contributed by atoms with E-state index in [-0.39, 0.29) is 16.6 Å². The summed E-state index contributed by atoms with van der Waals surface area (Å²) in [6.45, 7) is 12.8. The van der Waals surface area contributed by atoms with E-state index in [0.717, 1.165) is 43.1 Å². The molecule has 8 heteroatoms. The van der Waals surface area contributed by atoms with E-state index in [1.807, 2.05) is 42.5 Å². The summed E-state index contributed by atoms with van der Waals surface area (Å²) in [5.41, 5.74) is 4.79. The SMILES string of the molecule is CC(C)(C)c1cc(-c2ccccc2O)cc(Br)n1.CC(C)(C)c1cc(-c2ncn[nH]2)cc(Br)n1. The summed E-state index contributed by atoms with van der Waals surface area (Å²) in [7, 11) is 0. The molecule has 0 aliphatic carbocycles. The standard InChI is InChI=1S/C15H16BrNO.C11H13BrN4/c1-15(2,3)13-8-10(9-14(16)17-13)11-6-4-5-7-12(11)18;1-11(2,3)8-4-7(5-9(12)15-8)10-13-6-14-16-10/h4-9,18H,1-3H3;4-6H,1-3H3,(H,13,14,16). The minimum absolute atomic E-state index is 0.0125. The molecule has 178 valence electrons. The second kappa shape index (κ2) is 10.4. The first-order chi connectivity index (χ1) is 15.8. The number of benzene rings is 1. The topological polar surface area (TPSA) is 87.6 Å². The highest BCUT2D eigenvalue weighted by atomic mass is 79.9. The summed E-state index contributed by atoms with van der Waals surface area (Å²) in [4.78, 5) is 13.1. The number of hydrogen-bond acceptors (Lipinski definition) is 5. The van der Waals surface area contributed by atoms with Crippen LogP contribution in [0.15, 0.2) is 64.1 Å². The molecule has 0 aliphatic heterocycles. The molecule has 0 saturated heterocycles. The van der Waals surface area contributed by atoms with Crippen molar-refractivity contribution in [3.8, 4) is 28.3 Å². The van der Waals surface area contributed by atoms with Crippen LogP contribution < -0.4 is 0 Å². The van der Waals surface area contributed by atoms with Crippen LogP contribution in [0.5, 0.6) is 5.75 Å². The molecule has 0 saturated carbocycles. The quantitative estimate of drug-likeness (QED) is 0.238. The second-order valence-corrected chi connectivity index (χ2v) is 11.6. The molecular weight excluding hydrogens is 558 g/mol. The van der Waals surface area contributed by atoms with Gasteiger partial charge in [-0.05, 0) is 67.8 Å². The molecule has 0 atom stereocenters. The highest BCUT2D eigenvalue weighted by Crippen LogP contribution is 2.33. The fourth-order valence-corrected chi connectivity index (χ4v) is 3.99. The van der Waals surface area contributed by atoms with Gasteiger partial charge in [0.2, 0.25) is 0 Å². The van der Waals surface area contributed by atoms with Gasteiger partial charge in [-0.2, -0.15) is 5.10 Å². The monoisotopic (exact) mass is 585 g/mol. The number of hydrogen-bond donors (Lipinski definition) is 2. The fraction of sp³-hybridized carbons (Fsp3) is 0.308. The van der Waals surface area contributed by atoms with Crippen molar-refractivity contribution in [3.05, 3.63) is 75.5 Å². The smallest absolute Gasteiger partial charge is 0.155 e. The van der Waals surface area contributed by atoms with Crippen LogP contribution in [0.25, 0.3) is 22.5 Å². The first-order valence-corrected chi connectivity index (χ1v) is 12.4. The van der Waals surface area contributed by atoms with Gasteiger partial charge in [0.05, 0.1) is 0 Å². The Morgan fingerprint density at radius 2 is 1.29 bits per heavy atom. The van der Waals surface area contributed by atoms with Gasteiger partial charge in [0.15, 0.2) is 5.82 Å². The number of phenols is 1. The zero-order valence-corrected chi connectivity index (χ0v) is 23.4. The van der Waals surface area contributed by atoms with Gasteiger partial charge in [0, 0.05) is 33.3 Å². The maximum atomic E-state index is 9.91. The van der Waals surface area contributed by atoms with E-state index in [0.29, 0.717) is 0 Å². The Balaban J connectivity index is 0.000000192. The molecule has 4 rings (SSSR count). The van der Waals surface area contributed by atoms with E-state index in [2.05, 4.69) is 98.6 Å². The average molecular weight is 587 g/mol. The van der Waals surface area contributed by atoms with Crippen molar-refractivity contribution >= 4 is 31.9 Å². The van der Waals surface area contributed by atoms with E-state index in [9.17, 15) is 5.11 Å². The lowest BCUT2D eigenvalue weighted by atomic mass is 9.90. The van der Waals surface area contributed by atoms with Crippen LogP contribution in [0, 0.1) is 0 Å². The number of H-pyrrole nitrogens is 1. The Morgan fingerprint density at radius 1 is 0.765 bits per heavy atom. The Kier molecular flexibility index (Phi) is 7.93. The number of aromatic hydroxyl groups is 1. The number of pyridine rings is 2. The van der Waals surface area contributed by atoms with Gasteiger partial charge in [-0.3, -0.25) is 5.10 Å². The number of aromatic nitrogens is 5. The molecule has 3 aromatic heterocycles. The summed E-state index contributed by atoms with van der Waals surface area (Å²) in [6, 6.07) is 15.2. The van der Waals surface area contributed by atoms with Crippen molar-refractivity contribution in [1.29, 1.82) is 0 Å². The molecule has 1 aromatic carbocycles. The van der Waals surface area contributed by atoms with Gasteiger partial charge in [-0.1, -0.05) is 59.7 Å². The molecule has 0 bridgehead atoms. The zero-order chi connectivity index (χ0) is 25.1. The normalized spacial score (nSPS) is 11.6. The van der Waals surface area contributed by atoms with Gasteiger partial charge in [0.1, 0.15) is 21.3 Å². The van der Waals surface area contributed by atoms with Gasteiger partial charge < -0.3 is 5.11 Å². The van der Waals surface area contributed by atoms with E-state index >= 15 is 0 Å². The van der Waals surface area contributed by atoms with Crippen molar-refractivity contribution in [2.45, 2.75) is 52.4 Å². The number of aromatic amines is 1. The molecule has 6 nitrogen and oxygen atoms in total. The van der Waals surface area contributed by atoms with Crippen LogP contribution in [0.3, 0.4) is 0 Å². The number of halogens is 2. The molecule has 0 amide bonds. The Bertz CT molecular complexity index is 1260. The van der Waals surface area contributed by atoms with E-state index in [4.69, 9.17) is 0 Å². The van der Waals surface area contributed by atoms with Gasteiger partial charge in [-0.15, -0.1) is 0 Å².